The van der Waals surface area contributed by atoms with Gasteiger partial charge in [0.25, 0.3) is 0 Å². The normalized spacial score (nSPS) is 15.8. The van der Waals surface area contributed by atoms with Crippen LogP contribution in [0.4, 0.5) is 0 Å². The Balaban J connectivity index is 1.88. The van der Waals surface area contributed by atoms with Crippen LogP contribution in [-0.2, 0) is 30.7 Å². The summed E-state index contributed by atoms with van der Waals surface area (Å²) in [6, 6.07) is 0. The third kappa shape index (κ3) is 4.05. The van der Waals surface area contributed by atoms with Crippen LogP contribution in [0.5, 0.6) is 0 Å². The Hall–Kier alpha value is -2.37. The van der Waals surface area contributed by atoms with Crippen LogP contribution in [0.3, 0.4) is 0 Å². The van der Waals surface area contributed by atoms with E-state index < -0.39 is 0 Å². The van der Waals surface area contributed by atoms with Crippen LogP contribution < -0.4 is 5.32 Å². The van der Waals surface area contributed by atoms with Crippen molar-refractivity contribution in [1.29, 1.82) is 0 Å². The predicted molar refractivity (Wildman–Crippen MR) is 109 cm³/mol. The highest BCUT2D eigenvalue weighted by atomic mass is 16.1. The molecule has 2 heterocycles. The number of nitrogens with one attached hydrogen (secondary N) is 2. The summed E-state index contributed by atoms with van der Waals surface area (Å²) in [6.07, 6.45) is 3.26. The van der Waals surface area contributed by atoms with Gasteiger partial charge in [0.1, 0.15) is 0 Å². The van der Waals surface area contributed by atoms with Crippen molar-refractivity contribution in [3.8, 4) is 0 Å². The van der Waals surface area contributed by atoms with Gasteiger partial charge in [-0.1, -0.05) is 27.7 Å². The predicted octanol–water partition coefficient (Wildman–Crippen LogP) is 3.50. The van der Waals surface area contributed by atoms with Crippen molar-refractivity contribution >= 4 is 11.7 Å². The molecule has 0 unspecified atom stereocenters. The van der Waals surface area contributed by atoms with Crippen molar-refractivity contribution < 1.29 is 9.59 Å². The maximum absolute atomic E-state index is 13.0. The van der Waals surface area contributed by atoms with Gasteiger partial charge in [-0.15, -0.1) is 0 Å². The first kappa shape index (κ1) is 20.4. The molecule has 3 rings (SSSR count). The van der Waals surface area contributed by atoms with Crippen LogP contribution in [0.1, 0.15) is 72.8 Å². The number of aromatic nitrogens is 3. The summed E-state index contributed by atoms with van der Waals surface area (Å²) in [5.74, 6) is 0.565. The van der Waals surface area contributed by atoms with Gasteiger partial charge in [-0.3, -0.25) is 9.59 Å². The number of hydrogen-bond acceptors (Lipinski definition) is 3. The van der Waals surface area contributed by atoms with E-state index >= 15 is 0 Å². The quantitative estimate of drug-likeness (QED) is 0.800. The number of nitrogens with zero attached hydrogens (tertiary/aromatic N) is 2. The fourth-order valence-corrected chi connectivity index (χ4v) is 4.21. The minimum absolute atomic E-state index is 0.0411. The number of ketones is 1. The summed E-state index contributed by atoms with van der Waals surface area (Å²) in [5.41, 5.74) is 5.60. The fourth-order valence-electron chi connectivity index (χ4n) is 4.21. The zero-order valence-corrected chi connectivity index (χ0v) is 17.9. The Kier molecular flexibility index (Phi) is 5.50. The van der Waals surface area contributed by atoms with Gasteiger partial charge < -0.3 is 14.9 Å². The molecule has 0 bridgehead atoms. The van der Waals surface area contributed by atoms with Gasteiger partial charge in [0.05, 0.1) is 25.0 Å². The van der Waals surface area contributed by atoms with Crippen LogP contribution in [0, 0.1) is 25.2 Å². The number of carbonyl (C=O) groups excluding carboxylic acids is 2. The van der Waals surface area contributed by atoms with E-state index in [1.165, 1.54) is 0 Å². The molecule has 2 N–H and O–H groups in total. The third-order valence-corrected chi connectivity index (χ3v) is 5.59. The second-order valence-electron chi connectivity index (χ2n) is 9.26. The maximum Gasteiger partial charge on any atom is 0.224 e. The molecular formula is C22H32N4O2. The summed E-state index contributed by atoms with van der Waals surface area (Å²) >= 11 is 0. The molecule has 0 saturated carbocycles. The van der Waals surface area contributed by atoms with Gasteiger partial charge >= 0.3 is 0 Å². The molecule has 0 radical (unpaired) electrons. The van der Waals surface area contributed by atoms with Gasteiger partial charge in [-0.25, -0.2) is 4.98 Å². The Bertz CT molecular complexity index is 902. The molecule has 0 aromatic carbocycles. The minimum Gasteiger partial charge on any atom is -0.350 e. The Morgan fingerprint density at radius 3 is 2.64 bits per heavy atom. The number of Topliss-reactive ketones (excluding diaryl/α,β-unsaturated/α-hetero) is 1. The highest BCUT2D eigenvalue weighted by Gasteiger charge is 2.37. The zero-order valence-electron chi connectivity index (χ0n) is 17.9. The number of imidazole rings is 1. The molecule has 0 atom stereocenters. The summed E-state index contributed by atoms with van der Waals surface area (Å²) in [5, 5.41) is 2.95. The van der Waals surface area contributed by atoms with Crippen LogP contribution in [0.15, 0.2) is 6.33 Å². The first-order valence-electron chi connectivity index (χ1n) is 10.1. The van der Waals surface area contributed by atoms with E-state index in [-0.39, 0.29) is 23.5 Å². The summed E-state index contributed by atoms with van der Waals surface area (Å²) in [7, 11) is 0. The molecule has 152 valence electrons. The number of hydrogen-bond donors (Lipinski definition) is 2. The van der Waals surface area contributed by atoms with Crippen molar-refractivity contribution in [3.63, 3.8) is 0 Å². The lowest BCUT2D eigenvalue weighted by Gasteiger charge is -2.30. The molecule has 0 spiro atoms. The van der Waals surface area contributed by atoms with E-state index in [4.69, 9.17) is 0 Å². The van der Waals surface area contributed by atoms with E-state index in [2.05, 4.69) is 47.5 Å². The summed E-state index contributed by atoms with van der Waals surface area (Å²) in [6.45, 7) is 13.9. The topological polar surface area (TPSA) is 79.8 Å². The van der Waals surface area contributed by atoms with Crippen molar-refractivity contribution in [2.45, 2.75) is 73.9 Å². The first-order chi connectivity index (χ1) is 13.1. The summed E-state index contributed by atoms with van der Waals surface area (Å²) in [4.78, 5) is 32.9. The maximum atomic E-state index is 13.0. The molecule has 2 aromatic rings. The van der Waals surface area contributed by atoms with Crippen molar-refractivity contribution in [2.75, 3.05) is 0 Å². The third-order valence-electron chi connectivity index (χ3n) is 5.59. The van der Waals surface area contributed by atoms with Gasteiger partial charge in [0.2, 0.25) is 5.91 Å². The smallest absolute Gasteiger partial charge is 0.224 e. The number of carbonyl (C=O) groups is 2. The number of aryl methyl sites for hydroxylation is 1. The zero-order chi connectivity index (χ0) is 20.6. The molecule has 1 amide bonds. The number of H-pyrrole nitrogens is 1. The molecule has 6 nitrogen and oxygen atoms in total. The second-order valence-corrected chi connectivity index (χ2v) is 9.26. The monoisotopic (exact) mass is 384 g/mol. The number of amides is 1. The fraction of sp³-hybridized carbons (Fsp3) is 0.591. The highest BCUT2D eigenvalue weighted by molar-refractivity contribution is 6.01. The molecule has 0 aliphatic heterocycles. The average molecular weight is 385 g/mol. The van der Waals surface area contributed by atoms with Crippen molar-refractivity contribution in [1.82, 2.24) is 19.9 Å². The SMILES string of the molecule is Cc1[nH]cnc1CNC(=O)Cc1c2c(n(CC(C)C)c1C)CC(C)(C)CC2=O. The van der Waals surface area contributed by atoms with Crippen molar-refractivity contribution in [2.24, 2.45) is 11.3 Å². The number of aromatic amines is 1. The Labute approximate surface area is 167 Å². The van der Waals surface area contributed by atoms with Crippen molar-refractivity contribution in [3.05, 3.63) is 40.2 Å². The molecule has 6 heteroatoms. The van der Waals surface area contributed by atoms with E-state index in [0.717, 1.165) is 46.9 Å². The molecular weight excluding hydrogens is 352 g/mol. The second kappa shape index (κ2) is 7.57. The molecule has 0 saturated heterocycles. The molecule has 28 heavy (non-hydrogen) atoms. The van der Waals surface area contributed by atoms with E-state index in [1.54, 1.807) is 6.33 Å². The molecule has 0 fully saturated rings. The Morgan fingerprint density at radius 1 is 1.32 bits per heavy atom. The summed E-state index contributed by atoms with van der Waals surface area (Å²) < 4.78 is 2.28. The van der Waals surface area contributed by atoms with Crippen LogP contribution in [0.2, 0.25) is 0 Å². The van der Waals surface area contributed by atoms with E-state index in [0.29, 0.717) is 18.9 Å². The van der Waals surface area contributed by atoms with Crippen LogP contribution in [0.25, 0.3) is 0 Å². The first-order valence-corrected chi connectivity index (χ1v) is 10.1. The van der Waals surface area contributed by atoms with Crippen LogP contribution in [-0.4, -0.2) is 26.2 Å². The largest absolute Gasteiger partial charge is 0.350 e. The molecule has 1 aliphatic rings. The Morgan fingerprint density at radius 2 is 2.04 bits per heavy atom. The standard InChI is InChI=1S/C22H32N4O2/c1-13(2)11-26-15(4)16(21-18(26)8-22(5,6)9-19(21)27)7-20(28)23-10-17-14(3)24-12-25-17/h12-13H,7-11H2,1-6H3,(H,23,28)(H,24,25). The van der Waals surface area contributed by atoms with E-state index in [1.807, 2.05) is 13.8 Å². The average Bonchev–Trinajstić information content (AvgIpc) is 3.08. The van der Waals surface area contributed by atoms with Gasteiger partial charge in [-0.2, -0.15) is 0 Å². The molecule has 1 aliphatic carbocycles. The highest BCUT2D eigenvalue weighted by Crippen LogP contribution is 2.39. The lowest BCUT2D eigenvalue weighted by atomic mass is 9.75. The molecule has 2 aromatic heterocycles. The van der Waals surface area contributed by atoms with Gasteiger partial charge in [0, 0.05) is 35.6 Å². The number of fused-ring (bicyclic) bond motifs is 1. The van der Waals surface area contributed by atoms with Gasteiger partial charge in [0.15, 0.2) is 5.78 Å². The van der Waals surface area contributed by atoms with E-state index in [9.17, 15) is 9.59 Å². The minimum atomic E-state index is -0.0763. The lowest BCUT2D eigenvalue weighted by Crippen LogP contribution is -2.29. The van der Waals surface area contributed by atoms with Crippen LogP contribution >= 0.6 is 0 Å². The lowest BCUT2D eigenvalue weighted by molar-refractivity contribution is -0.120. The number of rotatable bonds is 6. The van der Waals surface area contributed by atoms with Gasteiger partial charge in [-0.05, 0) is 37.2 Å².